The van der Waals surface area contributed by atoms with Crippen molar-refractivity contribution >= 4 is 5.96 Å². The molecule has 0 unspecified atom stereocenters. The zero-order chi connectivity index (χ0) is 20.3. The fourth-order valence-electron chi connectivity index (χ4n) is 4.68. The molecular formula is C24H39N3O2. The Labute approximate surface area is 176 Å². The molecule has 5 nitrogen and oxygen atoms in total. The lowest BCUT2D eigenvalue weighted by molar-refractivity contribution is 0.00987. The van der Waals surface area contributed by atoms with Crippen molar-refractivity contribution in [3.05, 3.63) is 35.9 Å². The van der Waals surface area contributed by atoms with Crippen molar-refractivity contribution < 1.29 is 9.47 Å². The standard InChI is InChI=1S/C24H39N3O2/c1-25-24(27-15-13-23(14-16-27)29-18-6-17-28-2)26-19-20-9-11-22(12-10-20)21-7-4-3-5-8-21/h3-5,7-8,20,22-23H,6,9-19H2,1-2H3,(H,25,26). The van der Waals surface area contributed by atoms with E-state index in [1.807, 2.05) is 7.05 Å². The summed E-state index contributed by atoms with van der Waals surface area (Å²) >= 11 is 0. The van der Waals surface area contributed by atoms with Crippen LogP contribution in [0.1, 0.15) is 56.4 Å². The summed E-state index contributed by atoms with van der Waals surface area (Å²) in [6.45, 7) is 4.67. The van der Waals surface area contributed by atoms with Gasteiger partial charge < -0.3 is 19.7 Å². The van der Waals surface area contributed by atoms with Crippen LogP contribution in [-0.2, 0) is 9.47 Å². The van der Waals surface area contributed by atoms with Gasteiger partial charge in [-0.15, -0.1) is 0 Å². The number of ether oxygens (including phenoxy) is 2. The van der Waals surface area contributed by atoms with E-state index in [2.05, 4.69) is 45.5 Å². The van der Waals surface area contributed by atoms with Crippen LogP contribution in [0.4, 0.5) is 0 Å². The highest BCUT2D eigenvalue weighted by atomic mass is 16.5. The van der Waals surface area contributed by atoms with Gasteiger partial charge in [0.2, 0.25) is 0 Å². The molecule has 1 aromatic rings. The number of benzene rings is 1. The van der Waals surface area contributed by atoms with E-state index in [-0.39, 0.29) is 0 Å². The average Bonchev–Trinajstić information content (AvgIpc) is 2.79. The molecule has 3 rings (SSSR count). The number of rotatable bonds is 8. The van der Waals surface area contributed by atoms with E-state index < -0.39 is 0 Å². The molecule has 29 heavy (non-hydrogen) atoms. The van der Waals surface area contributed by atoms with Crippen molar-refractivity contribution in [2.24, 2.45) is 10.9 Å². The van der Waals surface area contributed by atoms with E-state index in [4.69, 9.17) is 9.47 Å². The van der Waals surface area contributed by atoms with Crippen molar-refractivity contribution in [3.8, 4) is 0 Å². The van der Waals surface area contributed by atoms with Crippen molar-refractivity contribution in [2.75, 3.05) is 47.0 Å². The molecule has 0 aromatic heterocycles. The molecule has 1 aromatic carbocycles. The first-order chi connectivity index (χ1) is 14.3. The van der Waals surface area contributed by atoms with Crippen LogP contribution in [0, 0.1) is 5.92 Å². The maximum atomic E-state index is 5.98. The predicted octanol–water partition coefficient (Wildman–Crippen LogP) is 4.05. The fourth-order valence-corrected chi connectivity index (χ4v) is 4.68. The third-order valence-electron chi connectivity index (χ3n) is 6.47. The minimum atomic E-state index is 0.384. The average molecular weight is 402 g/mol. The van der Waals surface area contributed by atoms with Gasteiger partial charge in [-0.2, -0.15) is 0 Å². The molecule has 0 bridgehead atoms. The normalized spacial score (nSPS) is 23.9. The zero-order valence-electron chi connectivity index (χ0n) is 18.3. The van der Waals surface area contributed by atoms with Crippen molar-refractivity contribution in [2.45, 2.75) is 57.0 Å². The lowest BCUT2D eigenvalue weighted by atomic mass is 9.79. The molecule has 0 spiro atoms. The number of methoxy groups -OCH3 is 1. The van der Waals surface area contributed by atoms with E-state index in [0.717, 1.165) is 69.9 Å². The molecule has 2 aliphatic rings. The van der Waals surface area contributed by atoms with E-state index >= 15 is 0 Å². The first-order valence-electron chi connectivity index (χ1n) is 11.4. The van der Waals surface area contributed by atoms with Crippen LogP contribution in [0.5, 0.6) is 0 Å². The molecule has 5 heteroatoms. The van der Waals surface area contributed by atoms with Gasteiger partial charge in [0.1, 0.15) is 0 Å². The molecular weight excluding hydrogens is 362 g/mol. The van der Waals surface area contributed by atoms with E-state index in [1.165, 1.54) is 31.2 Å². The Morgan fingerprint density at radius 3 is 2.41 bits per heavy atom. The Hall–Kier alpha value is -1.59. The summed E-state index contributed by atoms with van der Waals surface area (Å²) in [5.74, 6) is 2.57. The largest absolute Gasteiger partial charge is 0.385 e. The van der Waals surface area contributed by atoms with Crippen LogP contribution in [0.2, 0.25) is 0 Å². The molecule has 1 aliphatic heterocycles. The van der Waals surface area contributed by atoms with Gasteiger partial charge in [-0.05, 0) is 62.3 Å². The fraction of sp³-hybridized carbons (Fsp3) is 0.708. The summed E-state index contributed by atoms with van der Waals surface area (Å²) < 4.78 is 11.1. The third-order valence-corrected chi connectivity index (χ3v) is 6.47. The predicted molar refractivity (Wildman–Crippen MR) is 120 cm³/mol. The molecule has 1 N–H and O–H groups in total. The first kappa shape index (κ1) is 22.1. The highest BCUT2D eigenvalue weighted by molar-refractivity contribution is 5.79. The summed E-state index contributed by atoms with van der Waals surface area (Å²) in [6, 6.07) is 11.0. The molecule has 0 radical (unpaired) electrons. The van der Waals surface area contributed by atoms with Gasteiger partial charge in [0.15, 0.2) is 5.96 Å². The SMILES string of the molecule is CN=C(NCC1CCC(c2ccccc2)CC1)N1CCC(OCCCOC)CC1. The number of aliphatic imine (C=N–C) groups is 1. The molecule has 1 saturated heterocycles. The van der Waals surface area contributed by atoms with Crippen molar-refractivity contribution in [1.29, 1.82) is 0 Å². The monoisotopic (exact) mass is 401 g/mol. The second-order valence-electron chi connectivity index (χ2n) is 8.46. The van der Waals surface area contributed by atoms with E-state index in [9.17, 15) is 0 Å². The maximum absolute atomic E-state index is 5.98. The van der Waals surface area contributed by atoms with E-state index in [1.54, 1.807) is 7.11 Å². The van der Waals surface area contributed by atoms with Crippen LogP contribution in [-0.4, -0.2) is 64.0 Å². The van der Waals surface area contributed by atoms with Gasteiger partial charge in [0.05, 0.1) is 6.10 Å². The first-order valence-corrected chi connectivity index (χ1v) is 11.4. The molecule has 2 fully saturated rings. The van der Waals surface area contributed by atoms with Gasteiger partial charge in [0.25, 0.3) is 0 Å². The summed E-state index contributed by atoms with van der Waals surface area (Å²) in [7, 11) is 3.65. The van der Waals surface area contributed by atoms with Gasteiger partial charge in [0, 0.05) is 47.0 Å². The Morgan fingerprint density at radius 1 is 1.03 bits per heavy atom. The molecule has 1 aliphatic carbocycles. The Balaban J connectivity index is 1.34. The van der Waals surface area contributed by atoms with Crippen molar-refractivity contribution in [3.63, 3.8) is 0 Å². The second kappa shape index (κ2) is 12.2. The number of guanidine groups is 1. The van der Waals surface area contributed by atoms with Gasteiger partial charge in [-0.25, -0.2) is 0 Å². The molecule has 162 valence electrons. The van der Waals surface area contributed by atoms with Gasteiger partial charge in [-0.3, -0.25) is 4.99 Å². The smallest absolute Gasteiger partial charge is 0.193 e. The zero-order valence-corrected chi connectivity index (χ0v) is 18.3. The number of piperidine rings is 1. The highest BCUT2D eigenvalue weighted by Crippen LogP contribution is 2.35. The molecule has 1 saturated carbocycles. The topological polar surface area (TPSA) is 46.1 Å². The van der Waals surface area contributed by atoms with Gasteiger partial charge >= 0.3 is 0 Å². The summed E-state index contributed by atoms with van der Waals surface area (Å²) in [5, 5.41) is 3.66. The number of hydrogen-bond acceptors (Lipinski definition) is 3. The number of nitrogens with zero attached hydrogens (tertiary/aromatic N) is 2. The minimum absolute atomic E-state index is 0.384. The van der Waals surface area contributed by atoms with Crippen LogP contribution in [0.3, 0.4) is 0 Å². The number of hydrogen-bond donors (Lipinski definition) is 1. The molecule has 0 atom stereocenters. The number of likely N-dealkylation sites (tertiary alicyclic amines) is 1. The molecule has 1 heterocycles. The maximum Gasteiger partial charge on any atom is 0.193 e. The van der Waals surface area contributed by atoms with Crippen LogP contribution in [0.15, 0.2) is 35.3 Å². The highest BCUT2D eigenvalue weighted by Gasteiger charge is 2.25. The number of nitrogens with one attached hydrogen (secondary N) is 1. The quantitative estimate of drug-likeness (QED) is 0.405. The Morgan fingerprint density at radius 2 is 1.76 bits per heavy atom. The summed E-state index contributed by atoms with van der Waals surface area (Å²) in [5.41, 5.74) is 1.52. The Bertz CT molecular complexity index is 591. The lowest BCUT2D eigenvalue weighted by Crippen LogP contribution is -2.48. The van der Waals surface area contributed by atoms with Crippen molar-refractivity contribution in [1.82, 2.24) is 10.2 Å². The lowest BCUT2D eigenvalue weighted by Gasteiger charge is -2.35. The van der Waals surface area contributed by atoms with Crippen LogP contribution < -0.4 is 5.32 Å². The third kappa shape index (κ3) is 7.00. The summed E-state index contributed by atoms with van der Waals surface area (Å²) in [6.07, 6.45) is 8.75. The van der Waals surface area contributed by atoms with Crippen LogP contribution >= 0.6 is 0 Å². The minimum Gasteiger partial charge on any atom is -0.385 e. The van der Waals surface area contributed by atoms with Crippen LogP contribution in [0.25, 0.3) is 0 Å². The summed E-state index contributed by atoms with van der Waals surface area (Å²) in [4.78, 5) is 6.94. The van der Waals surface area contributed by atoms with E-state index in [0.29, 0.717) is 6.10 Å². The van der Waals surface area contributed by atoms with Gasteiger partial charge in [-0.1, -0.05) is 30.3 Å². The second-order valence-corrected chi connectivity index (χ2v) is 8.46. The molecule has 0 amide bonds. The Kier molecular flexibility index (Phi) is 9.29.